The van der Waals surface area contributed by atoms with Crippen molar-refractivity contribution in [3.63, 3.8) is 0 Å². The molecule has 0 spiro atoms. The number of piperidine rings is 1. The van der Waals surface area contributed by atoms with Crippen molar-refractivity contribution in [1.82, 2.24) is 9.88 Å². The van der Waals surface area contributed by atoms with Crippen LogP contribution in [0.5, 0.6) is 5.75 Å². The molecule has 0 aliphatic carbocycles. The molecule has 1 aromatic carbocycles. The minimum Gasteiger partial charge on any atom is -0.486 e. The molecule has 1 atom stereocenters. The molecule has 8 nitrogen and oxygen atoms in total. The molecule has 1 aliphatic heterocycles. The van der Waals surface area contributed by atoms with Gasteiger partial charge in [-0.05, 0) is 37.3 Å². The van der Waals surface area contributed by atoms with E-state index in [0.29, 0.717) is 44.0 Å². The summed E-state index contributed by atoms with van der Waals surface area (Å²) in [6, 6.07) is 9.19. The first-order valence-corrected chi connectivity index (χ1v) is 12.3. The molecule has 9 heteroatoms. The van der Waals surface area contributed by atoms with E-state index in [1.165, 1.54) is 6.20 Å². The Hall–Kier alpha value is -2.84. The molecular formula is C26H35ClN4O4. The van der Waals surface area contributed by atoms with Gasteiger partial charge in [-0.3, -0.25) is 9.69 Å². The summed E-state index contributed by atoms with van der Waals surface area (Å²) in [6.07, 6.45) is 2.63. The van der Waals surface area contributed by atoms with E-state index in [1.54, 1.807) is 20.1 Å². The monoisotopic (exact) mass is 502 g/mol. The Kier molecular flexibility index (Phi) is 9.34. The standard InChI is InChI=1S/C26H35ClN4O4/c1-17(2)21-8-6-7-9-23(21)31(20-10-12-30(13-11-20)19(4)32)26(33)29-22-15-28-25(27)14-24(22)35-18(3)16-34-5/h6-9,14-15,17-18,20H,10-13,16H2,1-5H3,(H,29,33)/t18-/m1/s1. The second kappa shape index (κ2) is 12.2. The summed E-state index contributed by atoms with van der Waals surface area (Å²) in [6.45, 7) is 9.28. The van der Waals surface area contributed by atoms with Crippen LogP contribution in [0, 0.1) is 0 Å². The molecule has 1 saturated heterocycles. The first-order valence-electron chi connectivity index (χ1n) is 12.0. The number of methoxy groups -OCH3 is 1. The number of hydrogen-bond acceptors (Lipinski definition) is 5. The molecule has 0 saturated carbocycles. The van der Waals surface area contributed by atoms with Gasteiger partial charge in [0, 0.05) is 44.9 Å². The summed E-state index contributed by atoms with van der Waals surface area (Å²) in [4.78, 5) is 33.5. The highest BCUT2D eigenvalue weighted by Gasteiger charge is 2.32. The van der Waals surface area contributed by atoms with Gasteiger partial charge in [0.2, 0.25) is 5.91 Å². The lowest BCUT2D eigenvalue weighted by atomic mass is 9.97. The Morgan fingerprint density at radius 1 is 1.23 bits per heavy atom. The maximum Gasteiger partial charge on any atom is 0.326 e. The number of benzene rings is 1. The lowest BCUT2D eigenvalue weighted by Crippen LogP contribution is -2.50. The van der Waals surface area contributed by atoms with Gasteiger partial charge in [-0.25, -0.2) is 9.78 Å². The van der Waals surface area contributed by atoms with E-state index in [1.807, 2.05) is 34.9 Å². The van der Waals surface area contributed by atoms with Crippen LogP contribution in [0.4, 0.5) is 16.2 Å². The van der Waals surface area contributed by atoms with Crippen molar-refractivity contribution in [2.45, 2.75) is 58.6 Å². The van der Waals surface area contributed by atoms with Crippen LogP contribution in [-0.4, -0.2) is 60.8 Å². The van der Waals surface area contributed by atoms with Crippen LogP contribution in [-0.2, 0) is 9.53 Å². The van der Waals surface area contributed by atoms with Crippen molar-refractivity contribution < 1.29 is 19.1 Å². The van der Waals surface area contributed by atoms with Crippen LogP contribution in [0.2, 0.25) is 5.15 Å². The van der Waals surface area contributed by atoms with Crippen LogP contribution in [0.3, 0.4) is 0 Å². The maximum absolute atomic E-state index is 13.8. The number of ether oxygens (including phenoxy) is 2. The lowest BCUT2D eigenvalue weighted by molar-refractivity contribution is -0.129. The molecule has 1 aliphatic rings. The third-order valence-corrected chi connectivity index (χ3v) is 6.32. The normalized spacial score (nSPS) is 15.1. The van der Waals surface area contributed by atoms with E-state index >= 15 is 0 Å². The highest BCUT2D eigenvalue weighted by atomic mass is 35.5. The Morgan fingerprint density at radius 3 is 2.54 bits per heavy atom. The van der Waals surface area contributed by atoms with Crippen LogP contribution < -0.4 is 15.0 Å². The van der Waals surface area contributed by atoms with Gasteiger partial charge in [0.05, 0.1) is 12.8 Å². The zero-order valence-corrected chi connectivity index (χ0v) is 21.8. The van der Waals surface area contributed by atoms with E-state index in [4.69, 9.17) is 21.1 Å². The van der Waals surface area contributed by atoms with Gasteiger partial charge in [0.15, 0.2) is 0 Å². The van der Waals surface area contributed by atoms with Crippen LogP contribution in [0.25, 0.3) is 0 Å². The van der Waals surface area contributed by atoms with Crippen molar-refractivity contribution in [1.29, 1.82) is 0 Å². The number of amides is 3. The van der Waals surface area contributed by atoms with E-state index in [2.05, 4.69) is 30.2 Å². The number of hydrogen-bond donors (Lipinski definition) is 1. The third kappa shape index (κ3) is 6.86. The number of pyridine rings is 1. The van der Waals surface area contributed by atoms with Crippen LogP contribution in [0.1, 0.15) is 52.0 Å². The van der Waals surface area contributed by atoms with Gasteiger partial charge in [0.1, 0.15) is 22.7 Å². The number of rotatable bonds is 8. The first-order chi connectivity index (χ1) is 16.7. The predicted molar refractivity (Wildman–Crippen MR) is 139 cm³/mol. The first kappa shape index (κ1) is 26.8. The Bertz CT molecular complexity index is 1020. The molecule has 0 bridgehead atoms. The van der Waals surface area contributed by atoms with Crippen LogP contribution in [0.15, 0.2) is 36.5 Å². The zero-order valence-electron chi connectivity index (χ0n) is 21.1. The molecule has 1 N–H and O–H groups in total. The van der Waals surface area contributed by atoms with E-state index in [-0.39, 0.29) is 35.2 Å². The second-order valence-corrected chi connectivity index (χ2v) is 9.53. The third-order valence-electron chi connectivity index (χ3n) is 6.12. The average Bonchev–Trinajstić information content (AvgIpc) is 2.81. The highest BCUT2D eigenvalue weighted by Crippen LogP contribution is 2.33. The minimum atomic E-state index is -0.284. The van der Waals surface area contributed by atoms with Crippen molar-refractivity contribution in [3.8, 4) is 5.75 Å². The summed E-state index contributed by atoms with van der Waals surface area (Å²) in [5.74, 6) is 0.706. The zero-order chi connectivity index (χ0) is 25.5. The van der Waals surface area contributed by atoms with Gasteiger partial charge < -0.3 is 19.7 Å². The van der Waals surface area contributed by atoms with E-state index in [0.717, 1.165) is 11.3 Å². The molecule has 190 valence electrons. The number of likely N-dealkylation sites (tertiary alicyclic amines) is 1. The molecule has 0 unspecified atom stereocenters. The quantitative estimate of drug-likeness (QED) is 0.494. The Balaban J connectivity index is 1.93. The van der Waals surface area contributed by atoms with Crippen molar-refractivity contribution in [2.75, 3.05) is 37.0 Å². The smallest absolute Gasteiger partial charge is 0.326 e. The van der Waals surface area contributed by atoms with Crippen LogP contribution >= 0.6 is 11.6 Å². The number of nitrogens with zero attached hydrogens (tertiary/aromatic N) is 3. The second-order valence-electron chi connectivity index (χ2n) is 9.14. The summed E-state index contributed by atoms with van der Waals surface area (Å²) >= 11 is 6.11. The maximum atomic E-state index is 13.8. The number of anilines is 2. The van der Waals surface area contributed by atoms with Crippen molar-refractivity contribution in [2.24, 2.45) is 0 Å². The van der Waals surface area contributed by atoms with Gasteiger partial charge in [-0.15, -0.1) is 0 Å². The number of urea groups is 1. The largest absolute Gasteiger partial charge is 0.486 e. The molecule has 35 heavy (non-hydrogen) atoms. The van der Waals surface area contributed by atoms with E-state index in [9.17, 15) is 9.59 Å². The number of nitrogens with one attached hydrogen (secondary N) is 1. The highest BCUT2D eigenvalue weighted by molar-refractivity contribution is 6.29. The number of carbonyl (C=O) groups is 2. The van der Waals surface area contributed by atoms with Crippen molar-refractivity contribution >= 4 is 34.9 Å². The summed E-state index contributed by atoms with van der Waals surface area (Å²) in [7, 11) is 1.60. The summed E-state index contributed by atoms with van der Waals surface area (Å²) in [5.41, 5.74) is 2.37. The predicted octanol–water partition coefficient (Wildman–Crippen LogP) is 5.32. The Labute approximate surface area is 212 Å². The molecular weight excluding hydrogens is 468 g/mol. The van der Waals surface area contributed by atoms with Gasteiger partial charge in [-0.2, -0.15) is 0 Å². The number of carbonyl (C=O) groups excluding carboxylic acids is 2. The fraction of sp³-hybridized carbons (Fsp3) is 0.500. The fourth-order valence-electron chi connectivity index (χ4n) is 4.37. The lowest BCUT2D eigenvalue weighted by Gasteiger charge is -2.39. The average molecular weight is 503 g/mol. The molecule has 2 heterocycles. The number of para-hydroxylation sites is 1. The van der Waals surface area contributed by atoms with Gasteiger partial charge in [-0.1, -0.05) is 43.6 Å². The molecule has 2 aromatic rings. The van der Waals surface area contributed by atoms with E-state index < -0.39 is 0 Å². The Morgan fingerprint density at radius 2 is 1.91 bits per heavy atom. The molecule has 0 radical (unpaired) electrons. The van der Waals surface area contributed by atoms with Crippen molar-refractivity contribution in [3.05, 3.63) is 47.2 Å². The number of aromatic nitrogens is 1. The molecule has 3 rings (SSSR count). The minimum absolute atomic E-state index is 0.0567. The fourth-order valence-corrected chi connectivity index (χ4v) is 4.52. The SMILES string of the molecule is COC[C@@H](C)Oc1cc(Cl)ncc1NC(=O)N(c1ccccc1C(C)C)C1CCN(C(C)=O)CC1. The number of halogens is 1. The summed E-state index contributed by atoms with van der Waals surface area (Å²) < 4.78 is 11.1. The van der Waals surface area contributed by atoms with Gasteiger partial charge in [0.25, 0.3) is 0 Å². The van der Waals surface area contributed by atoms with Gasteiger partial charge >= 0.3 is 6.03 Å². The molecule has 3 amide bonds. The molecule has 1 aromatic heterocycles. The molecule has 1 fully saturated rings. The summed E-state index contributed by atoms with van der Waals surface area (Å²) in [5, 5.41) is 3.27. The topological polar surface area (TPSA) is 84.0 Å².